The van der Waals surface area contributed by atoms with Crippen LogP contribution >= 0.6 is 15.9 Å². The molecule has 0 atom stereocenters. The molecule has 5 heteroatoms. The van der Waals surface area contributed by atoms with Gasteiger partial charge >= 0.3 is 0 Å². The smallest absolute Gasteiger partial charge is 0.132 e. The average molecular weight is 328 g/mol. The second-order valence-electron chi connectivity index (χ2n) is 5.52. The fraction of sp³-hybridized carbons (Fsp3) is 0.714. The highest BCUT2D eigenvalue weighted by molar-refractivity contribution is 9.10. The molecule has 1 saturated heterocycles. The Kier molecular flexibility index (Phi) is 5.16. The standard InChI is InChI=1S/C14H22BrN3O/c1-3-4-12-17-11(15)9-13(18-12)16-10-14(2)5-7-19-8-6-14/h9H,3-8,10H2,1-2H3,(H,16,17,18). The minimum absolute atomic E-state index is 0.306. The van der Waals surface area contributed by atoms with E-state index in [1.807, 2.05) is 6.07 Å². The highest BCUT2D eigenvalue weighted by Gasteiger charge is 2.27. The maximum Gasteiger partial charge on any atom is 0.132 e. The summed E-state index contributed by atoms with van der Waals surface area (Å²) in [5.41, 5.74) is 0.306. The number of aromatic nitrogens is 2. The van der Waals surface area contributed by atoms with Crippen molar-refractivity contribution >= 4 is 21.7 Å². The van der Waals surface area contributed by atoms with Gasteiger partial charge in [0.25, 0.3) is 0 Å². The van der Waals surface area contributed by atoms with Crippen LogP contribution < -0.4 is 5.32 Å². The molecule has 2 rings (SSSR count). The van der Waals surface area contributed by atoms with E-state index in [9.17, 15) is 0 Å². The monoisotopic (exact) mass is 327 g/mol. The molecule has 0 aromatic carbocycles. The fourth-order valence-electron chi connectivity index (χ4n) is 2.24. The third kappa shape index (κ3) is 4.42. The quantitative estimate of drug-likeness (QED) is 0.842. The summed E-state index contributed by atoms with van der Waals surface area (Å²) in [6.45, 7) is 7.12. The van der Waals surface area contributed by atoms with Crippen molar-refractivity contribution in [1.82, 2.24) is 9.97 Å². The van der Waals surface area contributed by atoms with Crippen LogP contribution in [0.2, 0.25) is 0 Å². The van der Waals surface area contributed by atoms with Gasteiger partial charge in [-0.05, 0) is 40.6 Å². The van der Waals surface area contributed by atoms with Gasteiger partial charge in [-0.2, -0.15) is 0 Å². The molecule has 0 amide bonds. The molecule has 1 fully saturated rings. The molecule has 0 aliphatic carbocycles. The molecule has 0 radical (unpaired) electrons. The Balaban J connectivity index is 1.98. The Morgan fingerprint density at radius 2 is 2.11 bits per heavy atom. The van der Waals surface area contributed by atoms with Crippen molar-refractivity contribution in [2.45, 2.75) is 39.5 Å². The Labute approximate surface area is 123 Å². The molecule has 1 aliphatic rings. The molecule has 0 spiro atoms. The van der Waals surface area contributed by atoms with E-state index in [1.54, 1.807) is 0 Å². The van der Waals surface area contributed by atoms with Crippen molar-refractivity contribution in [3.8, 4) is 0 Å². The molecular formula is C14H22BrN3O. The van der Waals surface area contributed by atoms with Gasteiger partial charge in [0.15, 0.2) is 0 Å². The van der Waals surface area contributed by atoms with Gasteiger partial charge in [0.1, 0.15) is 16.2 Å². The van der Waals surface area contributed by atoms with Crippen LogP contribution in [-0.4, -0.2) is 29.7 Å². The maximum atomic E-state index is 5.43. The van der Waals surface area contributed by atoms with Gasteiger partial charge in [0.05, 0.1) is 0 Å². The van der Waals surface area contributed by atoms with Crippen LogP contribution in [0, 0.1) is 5.41 Å². The summed E-state index contributed by atoms with van der Waals surface area (Å²) >= 11 is 3.45. The van der Waals surface area contributed by atoms with E-state index < -0.39 is 0 Å². The zero-order chi connectivity index (χ0) is 13.7. The number of nitrogens with one attached hydrogen (secondary N) is 1. The van der Waals surface area contributed by atoms with Gasteiger partial charge in [0.2, 0.25) is 0 Å². The Morgan fingerprint density at radius 3 is 2.79 bits per heavy atom. The number of halogens is 1. The number of aryl methyl sites for hydroxylation is 1. The molecule has 4 nitrogen and oxygen atoms in total. The lowest BCUT2D eigenvalue weighted by Crippen LogP contribution is -2.33. The molecule has 1 aromatic heterocycles. The Morgan fingerprint density at radius 1 is 1.37 bits per heavy atom. The molecule has 2 heterocycles. The largest absolute Gasteiger partial charge is 0.381 e. The summed E-state index contributed by atoms with van der Waals surface area (Å²) in [6, 6.07) is 1.95. The topological polar surface area (TPSA) is 47.0 Å². The van der Waals surface area contributed by atoms with Gasteiger partial charge in [0, 0.05) is 32.2 Å². The van der Waals surface area contributed by atoms with Crippen LogP contribution in [0.25, 0.3) is 0 Å². The van der Waals surface area contributed by atoms with E-state index in [1.165, 1.54) is 0 Å². The Bertz CT molecular complexity index is 419. The predicted octanol–water partition coefficient (Wildman–Crippen LogP) is 3.42. The minimum atomic E-state index is 0.306. The number of hydrogen-bond donors (Lipinski definition) is 1. The van der Waals surface area contributed by atoms with E-state index in [4.69, 9.17) is 4.74 Å². The van der Waals surface area contributed by atoms with Gasteiger partial charge in [-0.25, -0.2) is 9.97 Å². The maximum absolute atomic E-state index is 5.43. The van der Waals surface area contributed by atoms with Crippen LogP contribution in [0.3, 0.4) is 0 Å². The first-order valence-electron chi connectivity index (χ1n) is 6.96. The molecule has 106 valence electrons. The van der Waals surface area contributed by atoms with Gasteiger partial charge in [-0.1, -0.05) is 13.8 Å². The van der Waals surface area contributed by atoms with E-state index >= 15 is 0 Å². The van der Waals surface area contributed by atoms with Crippen molar-refractivity contribution in [2.75, 3.05) is 25.1 Å². The minimum Gasteiger partial charge on any atom is -0.381 e. The molecule has 0 unspecified atom stereocenters. The van der Waals surface area contributed by atoms with Crippen LogP contribution in [0.15, 0.2) is 10.7 Å². The highest BCUT2D eigenvalue weighted by Crippen LogP contribution is 2.29. The fourth-order valence-corrected chi connectivity index (χ4v) is 2.66. The zero-order valence-corrected chi connectivity index (χ0v) is 13.3. The summed E-state index contributed by atoms with van der Waals surface area (Å²) < 4.78 is 6.28. The Hall–Kier alpha value is -0.680. The van der Waals surface area contributed by atoms with E-state index in [-0.39, 0.29) is 0 Å². The number of rotatable bonds is 5. The van der Waals surface area contributed by atoms with Crippen LogP contribution in [0.5, 0.6) is 0 Å². The van der Waals surface area contributed by atoms with Crippen molar-refractivity contribution in [1.29, 1.82) is 0 Å². The lowest BCUT2D eigenvalue weighted by Gasteiger charge is -2.33. The molecule has 1 aromatic rings. The number of hydrogen-bond acceptors (Lipinski definition) is 4. The van der Waals surface area contributed by atoms with Gasteiger partial charge < -0.3 is 10.1 Å². The summed E-state index contributed by atoms with van der Waals surface area (Å²) in [6.07, 6.45) is 4.19. The number of nitrogens with zero attached hydrogens (tertiary/aromatic N) is 2. The lowest BCUT2D eigenvalue weighted by atomic mass is 9.82. The second kappa shape index (κ2) is 6.66. The molecule has 1 N–H and O–H groups in total. The van der Waals surface area contributed by atoms with Crippen molar-refractivity contribution in [3.63, 3.8) is 0 Å². The normalized spacial score (nSPS) is 18.3. The van der Waals surface area contributed by atoms with E-state index in [2.05, 4.69) is 45.1 Å². The number of anilines is 1. The molecule has 1 aliphatic heterocycles. The summed E-state index contributed by atoms with van der Waals surface area (Å²) in [5, 5.41) is 3.46. The first-order chi connectivity index (χ1) is 9.11. The van der Waals surface area contributed by atoms with Gasteiger partial charge in [-0.15, -0.1) is 0 Å². The zero-order valence-electron chi connectivity index (χ0n) is 11.7. The number of ether oxygens (including phenoxy) is 1. The third-order valence-corrected chi connectivity index (χ3v) is 4.02. The molecule has 0 bridgehead atoms. The molecule has 0 saturated carbocycles. The van der Waals surface area contributed by atoms with Gasteiger partial charge in [-0.3, -0.25) is 0 Å². The third-order valence-electron chi connectivity index (χ3n) is 3.61. The van der Waals surface area contributed by atoms with Crippen LogP contribution in [0.1, 0.15) is 38.9 Å². The van der Waals surface area contributed by atoms with E-state index in [0.29, 0.717) is 5.41 Å². The van der Waals surface area contributed by atoms with Crippen LogP contribution in [0.4, 0.5) is 5.82 Å². The van der Waals surface area contributed by atoms with Crippen molar-refractivity contribution < 1.29 is 4.74 Å². The van der Waals surface area contributed by atoms with Crippen LogP contribution in [-0.2, 0) is 11.2 Å². The average Bonchev–Trinajstić information content (AvgIpc) is 2.37. The first kappa shape index (κ1) is 14.7. The van der Waals surface area contributed by atoms with Crippen molar-refractivity contribution in [2.24, 2.45) is 5.41 Å². The van der Waals surface area contributed by atoms with Crippen molar-refractivity contribution in [3.05, 3.63) is 16.5 Å². The summed E-state index contributed by atoms with van der Waals surface area (Å²) in [4.78, 5) is 8.94. The first-order valence-corrected chi connectivity index (χ1v) is 7.76. The highest BCUT2D eigenvalue weighted by atomic mass is 79.9. The molecule has 19 heavy (non-hydrogen) atoms. The predicted molar refractivity (Wildman–Crippen MR) is 80.4 cm³/mol. The second-order valence-corrected chi connectivity index (χ2v) is 6.33. The molecular weight excluding hydrogens is 306 g/mol. The summed E-state index contributed by atoms with van der Waals surface area (Å²) in [5.74, 6) is 1.81. The lowest BCUT2D eigenvalue weighted by molar-refractivity contribution is 0.0299. The summed E-state index contributed by atoms with van der Waals surface area (Å²) in [7, 11) is 0. The SMILES string of the molecule is CCCc1nc(Br)cc(NCC2(C)CCOCC2)n1. The van der Waals surface area contributed by atoms with E-state index in [0.717, 1.165) is 61.7 Å².